The second kappa shape index (κ2) is 5.46. The number of thiophene rings is 1. The molecular weight excluding hydrogens is 280 g/mol. The molecular formula is C13H10N2O2S2. The fourth-order valence-corrected chi connectivity index (χ4v) is 3.19. The van der Waals surface area contributed by atoms with Crippen molar-refractivity contribution in [3.05, 3.63) is 47.6 Å². The van der Waals surface area contributed by atoms with Crippen molar-refractivity contribution in [2.45, 2.75) is 9.96 Å². The standard InChI is InChI=1S/C13H10N2O2S2/c16-10-5-2-1-4-9(10)13-14-11(15-17-13)8-19-12-6-3-7-18-12/h1-7,16H,8H2. The molecule has 19 heavy (non-hydrogen) atoms. The maximum atomic E-state index is 9.72. The monoisotopic (exact) mass is 290 g/mol. The highest BCUT2D eigenvalue weighted by molar-refractivity contribution is 8.00. The van der Waals surface area contributed by atoms with E-state index in [0.29, 0.717) is 23.0 Å². The summed E-state index contributed by atoms with van der Waals surface area (Å²) in [5.74, 6) is 1.76. The molecule has 6 heteroatoms. The summed E-state index contributed by atoms with van der Waals surface area (Å²) in [5, 5.41) is 15.7. The van der Waals surface area contributed by atoms with E-state index in [1.54, 1.807) is 41.3 Å². The maximum Gasteiger partial charge on any atom is 0.261 e. The van der Waals surface area contributed by atoms with Gasteiger partial charge in [0.2, 0.25) is 0 Å². The Hall–Kier alpha value is -1.79. The number of aromatic nitrogens is 2. The van der Waals surface area contributed by atoms with Gasteiger partial charge in [0.15, 0.2) is 5.82 Å². The summed E-state index contributed by atoms with van der Waals surface area (Å²) in [5.41, 5.74) is 0.558. The largest absolute Gasteiger partial charge is 0.507 e. The lowest BCUT2D eigenvalue weighted by Gasteiger charge is -1.96. The van der Waals surface area contributed by atoms with Crippen LogP contribution in [0.4, 0.5) is 0 Å². The van der Waals surface area contributed by atoms with Gasteiger partial charge in [-0.2, -0.15) is 4.98 Å². The molecule has 0 aliphatic rings. The molecule has 0 aliphatic heterocycles. The third kappa shape index (κ3) is 2.80. The molecule has 0 saturated carbocycles. The molecule has 0 amide bonds. The third-order valence-corrected chi connectivity index (χ3v) is 4.57. The molecule has 0 atom stereocenters. The van der Waals surface area contributed by atoms with Gasteiger partial charge in [-0.1, -0.05) is 23.4 Å². The van der Waals surface area contributed by atoms with Gasteiger partial charge in [0.25, 0.3) is 5.89 Å². The van der Waals surface area contributed by atoms with E-state index in [9.17, 15) is 5.11 Å². The lowest BCUT2D eigenvalue weighted by atomic mass is 10.2. The number of para-hydroxylation sites is 1. The number of rotatable bonds is 4. The smallest absolute Gasteiger partial charge is 0.261 e. The molecule has 0 bridgehead atoms. The van der Waals surface area contributed by atoms with Gasteiger partial charge in [0.05, 0.1) is 15.5 Å². The van der Waals surface area contributed by atoms with Crippen LogP contribution < -0.4 is 0 Å². The normalized spacial score (nSPS) is 10.7. The Morgan fingerprint density at radius 3 is 2.89 bits per heavy atom. The van der Waals surface area contributed by atoms with Crippen LogP contribution in [0.25, 0.3) is 11.5 Å². The molecule has 1 N–H and O–H groups in total. The van der Waals surface area contributed by atoms with Crippen molar-refractivity contribution in [3.8, 4) is 17.2 Å². The van der Waals surface area contributed by atoms with Crippen molar-refractivity contribution < 1.29 is 9.63 Å². The number of benzene rings is 1. The first-order valence-corrected chi connectivity index (χ1v) is 7.47. The zero-order valence-corrected chi connectivity index (χ0v) is 11.4. The minimum Gasteiger partial charge on any atom is -0.507 e. The molecule has 0 unspecified atom stereocenters. The fourth-order valence-electron chi connectivity index (χ4n) is 1.56. The van der Waals surface area contributed by atoms with E-state index >= 15 is 0 Å². The Bertz CT molecular complexity index is 665. The SMILES string of the molecule is Oc1ccccc1-c1nc(CSc2cccs2)no1. The van der Waals surface area contributed by atoms with Crippen LogP contribution in [-0.2, 0) is 5.75 Å². The Morgan fingerprint density at radius 2 is 2.11 bits per heavy atom. The highest BCUT2D eigenvalue weighted by atomic mass is 32.2. The number of phenols is 1. The average Bonchev–Trinajstić information content (AvgIpc) is 3.08. The number of hydrogen-bond acceptors (Lipinski definition) is 6. The lowest BCUT2D eigenvalue weighted by Crippen LogP contribution is -1.83. The van der Waals surface area contributed by atoms with Crippen molar-refractivity contribution in [1.29, 1.82) is 0 Å². The fraction of sp³-hybridized carbons (Fsp3) is 0.0769. The van der Waals surface area contributed by atoms with E-state index in [1.807, 2.05) is 17.5 Å². The molecule has 0 saturated heterocycles. The van der Waals surface area contributed by atoms with Crippen molar-refractivity contribution in [1.82, 2.24) is 10.1 Å². The van der Waals surface area contributed by atoms with Gasteiger partial charge in [-0.15, -0.1) is 23.1 Å². The summed E-state index contributed by atoms with van der Waals surface area (Å²) in [6, 6.07) is 11.0. The topological polar surface area (TPSA) is 59.2 Å². The van der Waals surface area contributed by atoms with Crippen LogP contribution in [0.15, 0.2) is 50.5 Å². The van der Waals surface area contributed by atoms with E-state index < -0.39 is 0 Å². The summed E-state index contributed by atoms with van der Waals surface area (Å²) in [6.45, 7) is 0. The summed E-state index contributed by atoms with van der Waals surface area (Å²) >= 11 is 3.35. The molecule has 0 radical (unpaired) electrons. The summed E-state index contributed by atoms with van der Waals surface area (Å²) in [6.07, 6.45) is 0. The van der Waals surface area contributed by atoms with Crippen LogP contribution in [0.2, 0.25) is 0 Å². The van der Waals surface area contributed by atoms with Crippen molar-refractivity contribution in [3.63, 3.8) is 0 Å². The van der Waals surface area contributed by atoms with E-state index in [0.717, 1.165) is 0 Å². The summed E-state index contributed by atoms with van der Waals surface area (Å²) in [7, 11) is 0. The van der Waals surface area contributed by atoms with Crippen LogP contribution in [0.1, 0.15) is 5.82 Å². The molecule has 96 valence electrons. The first kappa shape index (κ1) is 12.3. The van der Waals surface area contributed by atoms with E-state index in [2.05, 4.69) is 16.2 Å². The minimum absolute atomic E-state index is 0.142. The number of hydrogen-bond donors (Lipinski definition) is 1. The minimum atomic E-state index is 0.142. The van der Waals surface area contributed by atoms with Gasteiger partial charge in [0.1, 0.15) is 5.75 Å². The van der Waals surface area contributed by atoms with E-state index in [1.165, 1.54) is 4.21 Å². The number of aromatic hydroxyl groups is 1. The Labute approximate surface area is 118 Å². The Balaban J connectivity index is 1.75. The molecule has 0 spiro atoms. The summed E-state index contributed by atoms with van der Waals surface area (Å²) in [4.78, 5) is 4.29. The van der Waals surface area contributed by atoms with E-state index in [4.69, 9.17) is 4.52 Å². The highest BCUT2D eigenvalue weighted by Crippen LogP contribution is 2.29. The van der Waals surface area contributed by atoms with E-state index in [-0.39, 0.29) is 5.75 Å². The Morgan fingerprint density at radius 1 is 1.21 bits per heavy atom. The molecule has 3 rings (SSSR count). The maximum absolute atomic E-state index is 9.72. The van der Waals surface area contributed by atoms with Crippen LogP contribution in [0.3, 0.4) is 0 Å². The molecule has 3 aromatic rings. The Kier molecular flexibility index (Phi) is 3.52. The molecule has 4 nitrogen and oxygen atoms in total. The van der Waals surface area contributed by atoms with Gasteiger partial charge >= 0.3 is 0 Å². The summed E-state index contributed by atoms with van der Waals surface area (Å²) < 4.78 is 6.39. The zero-order chi connectivity index (χ0) is 13.1. The third-order valence-electron chi connectivity index (χ3n) is 2.44. The van der Waals surface area contributed by atoms with Crippen molar-refractivity contribution in [2.75, 3.05) is 0 Å². The average molecular weight is 290 g/mol. The van der Waals surface area contributed by atoms with Gasteiger partial charge in [-0.05, 0) is 23.6 Å². The first-order valence-electron chi connectivity index (χ1n) is 5.60. The van der Waals surface area contributed by atoms with Gasteiger partial charge in [-0.3, -0.25) is 0 Å². The zero-order valence-electron chi connectivity index (χ0n) is 9.81. The number of nitrogens with zero attached hydrogens (tertiary/aromatic N) is 2. The number of phenolic OH excluding ortho intramolecular Hbond substituents is 1. The van der Waals surface area contributed by atoms with Gasteiger partial charge in [0, 0.05) is 0 Å². The van der Waals surface area contributed by atoms with Gasteiger partial charge < -0.3 is 9.63 Å². The second-order valence-electron chi connectivity index (χ2n) is 3.75. The molecule has 2 aromatic heterocycles. The van der Waals surface area contributed by atoms with Crippen LogP contribution >= 0.6 is 23.1 Å². The van der Waals surface area contributed by atoms with Crippen LogP contribution in [0.5, 0.6) is 5.75 Å². The number of thioether (sulfide) groups is 1. The van der Waals surface area contributed by atoms with Gasteiger partial charge in [-0.25, -0.2) is 0 Å². The molecule has 0 fully saturated rings. The van der Waals surface area contributed by atoms with Crippen molar-refractivity contribution >= 4 is 23.1 Å². The van der Waals surface area contributed by atoms with Crippen molar-refractivity contribution in [2.24, 2.45) is 0 Å². The quantitative estimate of drug-likeness (QED) is 0.741. The molecule has 1 aromatic carbocycles. The first-order chi connectivity index (χ1) is 9.33. The van der Waals surface area contributed by atoms with Crippen LogP contribution in [0, 0.1) is 0 Å². The van der Waals surface area contributed by atoms with Crippen LogP contribution in [-0.4, -0.2) is 15.2 Å². The second-order valence-corrected chi connectivity index (χ2v) is 5.98. The highest BCUT2D eigenvalue weighted by Gasteiger charge is 2.12. The lowest BCUT2D eigenvalue weighted by molar-refractivity contribution is 0.419. The molecule has 2 heterocycles. The predicted molar refractivity (Wildman–Crippen MR) is 75.3 cm³/mol. The molecule has 0 aliphatic carbocycles. The predicted octanol–water partition coefficient (Wildman–Crippen LogP) is 3.80.